The Kier molecular flexibility index (Phi) is 5.79. The van der Waals surface area contributed by atoms with Crippen molar-refractivity contribution in [2.45, 2.75) is 32.1 Å². The Hall–Kier alpha value is -1.79. The number of amides is 3. The zero-order valence-electron chi connectivity index (χ0n) is 12.1. The van der Waals surface area contributed by atoms with E-state index in [1.807, 2.05) is 0 Å². The number of carbonyl (C=O) groups is 3. The van der Waals surface area contributed by atoms with Crippen LogP contribution in [0.1, 0.15) is 32.1 Å². The molecule has 114 valence electrons. The van der Waals surface area contributed by atoms with Crippen LogP contribution in [0.4, 0.5) is 4.79 Å². The molecule has 0 bridgehead atoms. The number of hydrogen-bond donors (Lipinski definition) is 3. The lowest BCUT2D eigenvalue weighted by atomic mass is 9.66. The standard InChI is InChI=1S/C13H23N3O4/c1-14-10(17)4-7-16(2)12(20)15-9-13(5-3-6-13)8-11(18)19/h3-9H2,1-2H3,(H,14,17)(H,15,20)(H,18,19). The molecule has 1 aliphatic carbocycles. The van der Waals surface area contributed by atoms with Crippen LogP contribution in [0, 0.1) is 5.41 Å². The predicted octanol–water partition coefficient (Wildman–Crippen LogP) is 0.409. The van der Waals surface area contributed by atoms with Gasteiger partial charge in [0, 0.05) is 33.6 Å². The Bertz CT molecular complexity index is 380. The number of aliphatic carboxylic acids is 1. The highest BCUT2D eigenvalue weighted by Crippen LogP contribution is 2.43. The van der Waals surface area contributed by atoms with E-state index in [-0.39, 0.29) is 30.2 Å². The number of carbonyl (C=O) groups excluding carboxylic acids is 2. The van der Waals surface area contributed by atoms with E-state index in [4.69, 9.17) is 5.11 Å². The van der Waals surface area contributed by atoms with E-state index in [0.717, 1.165) is 19.3 Å². The molecule has 0 unspecified atom stereocenters. The van der Waals surface area contributed by atoms with Crippen LogP contribution in [-0.4, -0.2) is 55.1 Å². The average Bonchev–Trinajstić information content (AvgIpc) is 2.37. The maximum Gasteiger partial charge on any atom is 0.317 e. The van der Waals surface area contributed by atoms with Crippen molar-refractivity contribution >= 4 is 17.9 Å². The van der Waals surface area contributed by atoms with Gasteiger partial charge in [-0.3, -0.25) is 9.59 Å². The number of rotatable bonds is 7. The molecule has 1 fully saturated rings. The van der Waals surface area contributed by atoms with Gasteiger partial charge in [0.25, 0.3) is 0 Å². The summed E-state index contributed by atoms with van der Waals surface area (Å²) >= 11 is 0. The summed E-state index contributed by atoms with van der Waals surface area (Å²) in [5.41, 5.74) is -0.289. The summed E-state index contributed by atoms with van der Waals surface area (Å²) in [6.07, 6.45) is 3.02. The van der Waals surface area contributed by atoms with Crippen LogP contribution in [0.2, 0.25) is 0 Å². The van der Waals surface area contributed by atoms with Gasteiger partial charge >= 0.3 is 12.0 Å². The van der Waals surface area contributed by atoms with Gasteiger partial charge in [-0.1, -0.05) is 6.42 Å². The first kappa shape index (κ1) is 16.3. The number of carboxylic acids is 1. The van der Waals surface area contributed by atoms with E-state index in [1.54, 1.807) is 14.1 Å². The topological polar surface area (TPSA) is 98.7 Å². The molecule has 1 rings (SSSR count). The van der Waals surface area contributed by atoms with Gasteiger partial charge in [0.15, 0.2) is 0 Å². The largest absolute Gasteiger partial charge is 0.481 e. The Labute approximate surface area is 118 Å². The third kappa shape index (κ3) is 4.71. The molecule has 0 atom stereocenters. The molecule has 0 saturated heterocycles. The highest BCUT2D eigenvalue weighted by atomic mass is 16.4. The minimum absolute atomic E-state index is 0.0925. The predicted molar refractivity (Wildman–Crippen MR) is 73.2 cm³/mol. The van der Waals surface area contributed by atoms with E-state index in [1.165, 1.54) is 4.90 Å². The normalized spacial score (nSPS) is 15.9. The quantitative estimate of drug-likeness (QED) is 0.631. The first-order valence-corrected chi connectivity index (χ1v) is 6.80. The molecule has 3 N–H and O–H groups in total. The fourth-order valence-electron chi connectivity index (χ4n) is 2.31. The van der Waals surface area contributed by atoms with Crippen LogP contribution in [-0.2, 0) is 9.59 Å². The van der Waals surface area contributed by atoms with Gasteiger partial charge in [-0.05, 0) is 18.3 Å². The Morgan fingerprint density at radius 3 is 2.40 bits per heavy atom. The molecule has 0 heterocycles. The van der Waals surface area contributed by atoms with Gasteiger partial charge in [-0.15, -0.1) is 0 Å². The molecular formula is C13H23N3O4. The number of nitrogens with one attached hydrogen (secondary N) is 2. The molecule has 3 amide bonds. The van der Waals surface area contributed by atoms with Crippen LogP contribution in [0.5, 0.6) is 0 Å². The number of nitrogens with zero attached hydrogens (tertiary/aromatic N) is 1. The lowest BCUT2D eigenvalue weighted by Gasteiger charge is -2.41. The van der Waals surface area contributed by atoms with E-state index >= 15 is 0 Å². The maximum atomic E-state index is 11.9. The zero-order chi connectivity index (χ0) is 15.2. The fraction of sp³-hybridized carbons (Fsp3) is 0.769. The molecule has 0 aromatic rings. The molecule has 0 aromatic heterocycles. The van der Waals surface area contributed by atoms with Crippen molar-refractivity contribution in [3.63, 3.8) is 0 Å². The van der Waals surface area contributed by atoms with Crippen LogP contribution >= 0.6 is 0 Å². The Balaban J connectivity index is 2.34. The van der Waals surface area contributed by atoms with E-state index in [9.17, 15) is 14.4 Å². The second-order valence-electron chi connectivity index (χ2n) is 5.43. The van der Waals surface area contributed by atoms with Crippen molar-refractivity contribution in [3.8, 4) is 0 Å². The fourth-order valence-corrected chi connectivity index (χ4v) is 2.31. The van der Waals surface area contributed by atoms with E-state index in [0.29, 0.717) is 13.1 Å². The molecule has 1 aliphatic rings. The summed E-state index contributed by atoms with van der Waals surface area (Å²) in [5.74, 6) is -0.946. The average molecular weight is 285 g/mol. The minimum Gasteiger partial charge on any atom is -0.481 e. The van der Waals surface area contributed by atoms with Gasteiger partial charge in [0.05, 0.1) is 6.42 Å². The van der Waals surface area contributed by atoms with Gasteiger partial charge in [-0.25, -0.2) is 4.79 Å². The molecule has 0 radical (unpaired) electrons. The second kappa shape index (κ2) is 7.12. The third-order valence-corrected chi connectivity index (χ3v) is 3.85. The van der Waals surface area contributed by atoms with Crippen LogP contribution in [0.15, 0.2) is 0 Å². The molecule has 1 saturated carbocycles. The summed E-state index contributed by atoms with van der Waals surface area (Å²) in [6, 6.07) is -0.273. The monoisotopic (exact) mass is 285 g/mol. The number of carboxylic acid groups (broad SMARTS) is 1. The SMILES string of the molecule is CNC(=O)CCN(C)C(=O)NCC1(CC(=O)O)CCC1. The summed E-state index contributed by atoms with van der Waals surface area (Å²) in [5, 5.41) is 14.2. The van der Waals surface area contributed by atoms with Crippen molar-refractivity contribution in [3.05, 3.63) is 0 Å². The molecular weight excluding hydrogens is 262 g/mol. The molecule has 0 aromatic carbocycles. The van der Waals surface area contributed by atoms with Gasteiger partial charge in [0.1, 0.15) is 0 Å². The molecule has 20 heavy (non-hydrogen) atoms. The van der Waals surface area contributed by atoms with Crippen LogP contribution < -0.4 is 10.6 Å². The molecule has 7 nitrogen and oxygen atoms in total. The maximum absolute atomic E-state index is 11.9. The number of hydrogen-bond acceptors (Lipinski definition) is 3. The van der Waals surface area contributed by atoms with E-state index in [2.05, 4.69) is 10.6 Å². The second-order valence-corrected chi connectivity index (χ2v) is 5.43. The highest BCUT2D eigenvalue weighted by molar-refractivity contribution is 5.78. The third-order valence-electron chi connectivity index (χ3n) is 3.85. The van der Waals surface area contributed by atoms with Crippen LogP contribution in [0.3, 0.4) is 0 Å². The Morgan fingerprint density at radius 2 is 1.95 bits per heavy atom. The van der Waals surface area contributed by atoms with Gasteiger partial charge < -0.3 is 20.6 Å². The lowest BCUT2D eigenvalue weighted by Crippen LogP contribution is -2.47. The van der Waals surface area contributed by atoms with E-state index < -0.39 is 5.97 Å². The number of urea groups is 1. The molecule has 7 heteroatoms. The summed E-state index contributed by atoms with van der Waals surface area (Å²) in [6.45, 7) is 0.708. The highest BCUT2D eigenvalue weighted by Gasteiger charge is 2.39. The van der Waals surface area contributed by atoms with Crippen molar-refractivity contribution in [1.82, 2.24) is 15.5 Å². The zero-order valence-corrected chi connectivity index (χ0v) is 12.1. The summed E-state index contributed by atoms with van der Waals surface area (Å²) in [4.78, 5) is 35.2. The van der Waals surface area contributed by atoms with Crippen LogP contribution in [0.25, 0.3) is 0 Å². The Morgan fingerprint density at radius 1 is 1.30 bits per heavy atom. The molecule has 0 aliphatic heterocycles. The van der Waals surface area contributed by atoms with Crippen molar-refractivity contribution in [2.24, 2.45) is 5.41 Å². The first-order valence-electron chi connectivity index (χ1n) is 6.80. The van der Waals surface area contributed by atoms with Gasteiger partial charge in [0.2, 0.25) is 5.91 Å². The first-order chi connectivity index (χ1) is 9.38. The lowest BCUT2D eigenvalue weighted by molar-refractivity contribution is -0.141. The van der Waals surface area contributed by atoms with Crippen molar-refractivity contribution in [1.29, 1.82) is 0 Å². The van der Waals surface area contributed by atoms with Crippen molar-refractivity contribution in [2.75, 3.05) is 27.2 Å². The minimum atomic E-state index is -0.827. The van der Waals surface area contributed by atoms with Crippen molar-refractivity contribution < 1.29 is 19.5 Å². The summed E-state index contributed by atoms with van der Waals surface area (Å²) < 4.78 is 0. The van der Waals surface area contributed by atoms with Gasteiger partial charge in [-0.2, -0.15) is 0 Å². The summed E-state index contributed by atoms with van der Waals surface area (Å²) in [7, 11) is 3.16. The smallest absolute Gasteiger partial charge is 0.317 e. The molecule has 0 spiro atoms.